The summed E-state index contributed by atoms with van der Waals surface area (Å²) in [5.41, 5.74) is 6.36. The molecule has 0 radical (unpaired) electrons. The standard InChI is InChI=1S/C27H32N4O2/c1-19-5-6-20(2)31(19)25-11-7-22(8-12-25)17-27(33)28-23-9-13-24(14-10-23)30-16-15-26(18-30)29(4)21(3)32/h5-14,26H,15-18H2,1-4H3,(H,28,33). The van der Waals surface area contributed by atoms with Crippen LogP contribution in [-0.4, -0.2) is 47.5 Å². The molecule has 172 valence electrons. The van der Waals surface area contributed by atoms with Crippen LogP contribution in [0.2, 0.25) is 0 Å². The fraction of sp³-hybridized carbons (Fsp3) is 0.333. The quantitative estimate of drug-likeness (QED) is 0.616. The van der Waals surface area contributed by atoms with Crippen LogP contribution in [0, 0.1) is 13.8 Å². The number of anilines is 2. The van der Waals surface area contributed by atoms with Crippen LogP contribution in [0.3, 0.4) is 0 Å². The van der Waals surface area contributed by atoms with Gasteiger partial charge in [-0.2, -0.15) is 0 Å². The Bertz CT molecular complexity index is 1110. The molecule has 1 aliphatic rings. The van der Waals surface area contributed by atoms with Gasteiger partial charge in [-0.15, -0.1) is 0 Å². The molecule has 1 fully saturated rings. The minimum Gasteiger partial charge on any atom is -0.369 e. The topological polar surface area (TPSA) is 57.6 Å². The summed E-state index contributed by atoms with van der Waals surface area (Å²) < 4.78 is 2.20. The molecule has 3 aromatic rings. The van der Waals surface area contributed by atoms with Crippen molar-refractivity contribution in [3.8, 4) is 5.69 Å². The van der Waals surface area contributed by atoms with Gasteiger partial charge in [0.1, 0.15) is 0 Å². The third kappa shape index (κ3) is 5.11. The van der Waals surface area contributed by atoms with Crippen LogP contribution < -0.4 is 10.2 Å². The first-order chi connectivity index (χ1) is 15.8. The molecule has 0 bridgehead atoms. The molecule has 1 aromatic heterocycles. The summed E-state index contributed by atoms with van der Waals surface area (Å²) >= 11 is 0. The van der Waals surface area contributed by atoms with Gasteiger partial charge in [-0.1, -0.05) is 12.1 Å². The Kier molecular flexibility index (Phi) is 6.54. The Balaban J connectivity index is 1.32. The Morgan fingerprint density at radius 3 is 2.15 bits per heavy atom. The lowest BCUT2D eigenvalue weighted by atomic mass is 10.1. The zero-order valence-corrected chi connectivity index (χ0v) is 19.8. The number of amides is 2. The summed E-state index contributed by atoms with van der Waals surface area (Å²) in [6.07, 6.45) is 1.30. The van der Waals surface area contributed by atoms with E-state index in [9.17, 15) is 9.59 Å². The van der Waals surface area contributed by atoms with Crippen molar-refractivity contribution in [1.82, 2.24) is 9.47 Å². The van der Waals surface area contributed by atoms with Crippen molar-refractivity contribution in [3.05, 3.63) is 77.6 Å². The third-order valence-electron chi connectivity index (χ3n) is 6.55. The maximum atomic E-state index is 12.6. The van der Waals surface area contributed by atoms with E-state index < -0.39 is 0 Å². The lowest BCUT2D eigenvalue weighted by Crippen LogP contribution is -2.37. The average Bonchev–Trinajstić information content (AvgIpc) is 3.41. The van der Waals surface area contributed by atoms with E-state index in [1.807, 2.05) is 48.3 Å². The predicted molar refractivity (Wildman–Crippen MR) is 133 cm³/mol. The normalized spacial score (nSPS) is 15.5. The summed E-state index contributed by atoms with van der Waals surface area (Å²) in [5.74, 6) is 0.0673. The van der Waals surface area contributed by atoms with Gasteiger partial charge < -0.3 is 19.7 Å². The van der Waals surface area contributed by atoms with E-state index in [1.54, 1.807) is 6.92 Å². The van der Waals surface area contributed by atoms with E-state index in [2.05, 4.69) is 52.9 Å². The average molecular weight is 445 g/mol. The number of aryl methyl sites for hydroxylation is 2. The highest BCUT2D eigenvalue weighted by Crippen LogP contribution is 2.24. The summed E-state index contributed by atoms with van der Waals surface area (Å²) in [6.45, 7) is 7.54. The zero-order valence-electron chi connectivity index (χ0n) is 19.8. The molecule has 0 saturated carbocycles. The summed E-state index contributed by atoms with van der Waals surface area (Å²) in [5, 5.41) is 2.99. The van der Waals surface area contributed by atoms with Crippen LogP contribution in [0.1, 0.15) is 30.3 Å². The lowest BCUT2D eigenvalue weighted by molar-refractivity contribution is -0.129. The van der Waals surface area contributed by atoms with Gasteiger partial charge in [-0.05, 0) is 74.4 Å². The van der Waals surface area contributed by atoms with Crippen LogP contribution in [0.25, 0.3) is 5.69 Å². The summed E-state index contributed by atoms with van der Waals surface area (Å²) in [7, 11) is 1.87. The minimum atomic E-state index is -0.0341. The van der Waals surface area contributed by atoms with E-state index in [0.29, 0.717) is 6.42 Å². The molecule has 0 spiro atoms. The predicted octanol–water partition coefficient (Wildman–Crippen LogP) is 4.33. The van der Waals surface area contributed by atoms with Crippen LogP contribution in [0.5, 0.6) is 0 Å². The number of hydrogen-bond acceptors (Lipinski definition) is 3. The van der Waals surface area contributed by atoms with Gasteiger partial charge in [-0.25, -0.2) is 0 Å². The molecule has 0 aliphatic carbocycles. The highest BCUT2D eigenvalue weighted by molar-refractivity contribution is 5.92. The first-order valence-corrected chi connectivity index (χ1v) is 11.4. The summed E-state index contributed by atoms with van der Waals surface area (Å²) in [4.78, 5) is 28.3. The molecule has 1 aliphatic heterocycles. The monoisotopic (exact) mass is 444 g/mol. The van der Waals surface area contributed by atoms with Crippen molar-refractivity contribution < 1.29 is 9.59 Å². The molecule has 1 saturated heterocycles. The molecule has 1 N–H and O–H groups in total. The number of aromatic nitrogens is 1. The maximum absolute atomic E-state index is 12.6. The maximum Gasteiger partial charge on any atom is 0.228 e. The van der Waals surface area contributed by atoms with Crippen molar-refractivity contribution in [2.24, 2.45) is 0 Å². The molecule has 6 heteroatoms. The number of nitrogens with zero attached hydrogens (tertiary/aromatic N) is 3. The van der Waals surface area contributed by atoms with Crippen molar-refractivity contribution in [2.45, 2.75) is 39.7 Å². The largest absolute Gasteiger partial charge is 0.369 e. The SMILES string of the molecule is CC(=O)N(C)C1CCN(c2ccc(NC(=O)Cc3ccc(-n4c(C)ccc4C)cc3)cc2)C1. The third-order valence-corrected chi connectivity index (χ3v) is 6.55. The number of nitrogens with one attached hydrogen (secondary N) is 1. The molecule has 1 atom stereocenters. The number of carbonyl (C=O) groups excluding carboxylic acids is 2. The molecular formula is C27H32N4O2. The molecule has 6 nitrogen and oxygen atoms in total. The van der Waals surface area contributed by atoms with Crippen LogP contribution >= 0.6 is 0 Å². The number of rotatable bonds is 6. The van der Waals surface area contributed by atoms with Crippen molar-refractivity contribution >= 4 is 23.2 Å². The molecule has 1 unspecified atom stereocenters. The first-order valence-electron chi connectivity index (χ1n) is 11.4. The second-order valence-electron chi connectivity index (χ2n) is 8.91. The molecule has 2 amide bonds. The first kappa shape index (κ1) is 22.6. The van der Waals surface area contributed by atoms with Gasteiger partial charge >= 0.3 is 0 Å². The van der Waals surface area contributed by atoms with E-state index in [1.165, 1.54) is 11.4 Å². The molecule has 2 heterocycles. The van der Waals surface area contributed by atoms with E-state index in [0.717, 1.165) is 42.1 Å². The van der Waals surface area contributed by atoms with Gasteiger partial charge in [0.2, 0.25) is 11.8 Å². The second-order valence-corrected chi connectivity index (χ2v) is 8.91. The highest BCUT2D eigenvalue weighted by Gasteiger charge is 2.27. The molecule has 4 rings (SSSR count). The van der Waals surface area contributed by atoms with Crippen molar-refractivity contribution in [1.29, 1.82) is 0 Å². The Hall–Kier alpha value is -3.54. The summed E-state index contributed by atoms with van der Waals surface area (Å²) in [6, 6.07) is 20.5. The number of likely N-dealkylation sites (N-methyl/N-ethyl adjacent to an activating group) is 1. The van der Waals surface area contributed by atoms with Crippen LogP contribution in [-0.2, 0) is 16.0 Å². The number of hydrogen-bond donors (Lipinski definition) is 1. The molecule has 33 heavy (non-hydrogen) atoms. The Labute approximate surface area is 195 Å². The number of benzene rings is 2. The number of carbonyl (C=O) groups is 2. The smallest absolute Gasteiger partial charge is 0.228 e. The van der Waals surface area contributed by atoms with E-state index in [4.69, 9.17) is 0 Å². The fourth-order valence-electron chi connectivity index (χ4n) is 4.53. The van der Waals surface area contributed by atoms with Gasteiger partial charge in [0, 0.05) is 55.5 Å². The van der Waals surface area contributed by atoms with Crippen molar-refractivity contribution in [2.75, 3.05) is 30.4 Å². The molecule has 2 aromatic carbocycles. The van der Waals surface area contributed by atoms with Crippen LogP contribution in [0.4, 0.5) is 11.4 Å². The van der Waals surface area contributed by atoms with Gasteiger partial charge in [0.05, 0.1) is 12.5 Å². The van der Waals surface area contributed by atoms with Gasteiger partial charge in [0.25, 0.3) is 0 Å². The van der Waals surface area contributed by atoms with Gasteiger partial charge in [0.15, 0.2) is 0 Å². The minimum absolute atomic E-state index is 0.0341. The van der Waals surface area contributed by atoms with Crippen molar-refractivity contribution in [3.63, 3.8) is 0 Å². The Morgan fingerprint density at radius 1 is 0.939 bits per heavy atom. The van der Waals surface area contributed by atoms with Crippen LogP contribution in [0.15, 0.2) is 60.7 Å². The second kappa shape index (κ2) is 9.53. The fourth-order valence-corrected chi connectivity index (χ4v) is 4.53. The van der Waals surface area contributed by atoms with E-state index >= 15 is 0 Å². The Morgan fingerprint density at radius 2 is 1.55 bits per heavy atom. The van der Waals surface area contributed by atoms with Gasteiger partial charge in [-0.3, -0.25) is 9.59 Å². The van der Waals surface area contributed by atoms with E-state index in [-0.39, 0.29) is 17.9 Å². The lowest BCUT2D eigenvalue weighted by Gasteiger charge is -2.24. The zero-order chi connectivity index (χ0) is 23.5. The molecular weight excluding hydrogens is 412 g/mol. The highest BCUT2D eigenvalue weighted by atomic mass is 16.2.